The molecule has 0 aromatic rings. The molecular formula is C11H21N3O2. The van der Waals surface area contributed by atoms with Crippen LogP contribution >= 0.6 is 0 Å². The van der Waals surface area contributed by atoms with Crippen molar-refractivity contribution in [3.8, 4) is 0 Å². The third-order valence-corrected chi connectivity index (χ3v) is 2.96. The summed E-state index contributed by atoms with van der Waals surface area (Å²) in [7, 11) is 1.92. The number of carbonyl (C=O) groups excluding carboxylic acids is 1. The van der Waals surface area contributed by atoms with Crippen molar-refractivity contribution in [3.63, 3.8) is 0 Å². The first-order valence-electron chi connectivity index (χ1n) is 6.06. The van der Waals surface area contributed by atoms with Gasteiger partial charge in [-0.15, -0.1) is 0 Å². The van der Waals surface area contributed by atoms with Gasteiger partial charge < -0.3 is 15.4 Å². The second-order valence-corrected chi connectivity index (χ2v) is 4.63. The van der Waals surface area contributed by atoms with Crippen LogP contribution in [0.1, 0.15) is 12.8 Å². The molecule has 0 radical (unpaired) electrons. The van der Waals surface area contributed by atoms with Crippen LogP contribution in [-0.2, 0) is 9.53 Å². The number of amides is 1. The van der Waals surface area contributed by atoms with Gasteiger partial charge in [0.25, 0.3) is 0 Å². The zero-order valence-corrected chi connectivity index (χ0v) is 9.87. The van der Waals surface area contributed by atoms with E-state index in [1.807, 2.05) is 7.05 Å². The lowest BCUT2D eigenvalue weighted by molar-refractivity contribution is -0.124. The molecule has 0 aromatic carbocycles. The van der Waals surface area contributed by atoms with Gasteiger partial charge in [-0.3, -0.25) is 9.69 Å². The quantitative estimate of drug-likeness (QED) is 0.645. The molecule has 5 heteroatoms. The number of morpholine rings is 1. The molecule has 1 saturated carbocycles. The SMILES string of the molecule is CNCC1CN(CC(=O)NC2CC2)CCO1. The molecular weight excluding hydrogens is 206 g/mol. The van der Waals surface area contributed by atoms with Crippen LogP contribution in [0.2, 0.25) is 0 Å². The minimum absolute atomic E-state index is 0.160. The number of ether oxygens (including phenoxy) is 1. The number of hydrogen-bond donors (Lipinski definition) is 2. The van der Waals surface area contributed by atoms with E-state index in [9.17, 15) is 4.79 Å². The van der Waals surface area contributed by atoms with E-state index in [-0.39, 0.29) is 12.0 Å². The van der Waals surface area contributed by atoms with E-state index >= 15 is 0 Å². The van der Waals surface area contributed by atoms with Crippen molar-refractivity contribution >= 4 is 5.91 Å². The Bertz CT molecular complexity index is 241. The summed E-state index contributed by atoms with van der Waals surface area (Å²) in [6, 6.07) is 0.460. The maximum absolute atomic E-state index is 11.6. The first-order valence-corrected chi connectivity index (χ1v) is 6.06. The van der Waals surface area contributed by atoms with Gasteiger partial charge in [0.2, 0.25) is 5.91 Å². The fraction of sp³-hybridized carbons (Fsp3) is 0.909. The molecule has 5 nitrogen and oxygen atoms in total. The van der Waals surface area contributed by atoms with Crippen LogP contribution in [0.4, 0.5) is 0 Å². The van der Waals surface area contributed by atoms with E-state index < -0.39 is 0 Å². The average Bonchev–Trinajstić information content (AvgIpc) is 3.02. The van der Waals surface area contributed by atoms with Gasteiger partial charge in [-0.05, 0) is 19.9 Å². The third kappa shape index (κ3) is 3.73. The third-order valence-electron chi connectivity index (χ3n) is 2.96. The number of carbonyl (C=O) groups is 1. The molecule has 2 fully saturated rings. The maximum Gasteiger partial charge on any atom is 0.234 e. The molecule has 1 unspecified atom stereocenters. The summed E-state index contributed by atoms with van der Waals surface area (Å²) in [5, 5.41) is 6.11. The smallest absolute Gasteiger partial charge is 0.234 e. The second kappa shape index (κ2) is 5.61. The van der Waals surface area contributed by atoms with E-state index in [1.165, 1.54) is 0 Å². The van der Waals surface area contributed by atoms with Gasteiger partial charge >= 0.3 is 0 Å². The van der Waals surface area contributed by atoms with Crippen molar-refractivity contribution in [1.82, 2.24) is 15.5 Å². The molecule has 1 aliphatic carbocycles. The predicted molar refractivity (Wildman–Crippen MR) is 61.3 cm³/mol. The van der Waals surface area contributed by atoms with Crippen molar-refractivity contribution < 1.29 is 9.53 Å². The van der Waals surface area contributed by atoms with Gasteiger partial charge in [-0.2, -0.15) is 0 Å². The number of hydrogen-bond acceptors (Lipinski definition) is 4. The van der Waals surface area contributed by atoms with Gasteiger partial charge in [-0.25, -0.2) is 0 Å². The van der Waals surface area contributed by atoms with E-state index in [4.69, 9.17) is 4.74 Å². The van der Waals surface area contributed by atoms with Crippen molar-refractivity contribution in [2.24, 2.45) is 0 Å². The standard InChI is InChI=1S/C11H21N3O2/c1-12-6-10-7-14(4-5-16-10)8-11(15)13-9-2-3-9/h9-10,12H,2-8H2,1H3,(H,13,15). The Morgan fingerprint density at radius 2 is 2.31 bits per heavy atom. The zero-order chi connectivity index (χ0) is 11.4. The van der Waals surface area contributed by atoms with E-state index in [0.717, 1.165) is 39.1 Å². The molecule has 1 aliphatic heterocycles. The highest BCUT2D eigenvalue weighted by Gasteiger charge is 2.26. The van der Waals surface area contributed by atoms with Crippen LogP contribution < -0.4 is 10.6 Å². The average molecular weight is 227 g/mol. The molecule has 2 rings (SSSR count). The summed E-state index contributed by atoms with van der Waals surface area (Å²) in [5.74, 6) is 0.160. The highest BCUT2D eigenvalue weighted by molar-refractivity contribution is 5.78. The molecule has 1 saturated heterocycles. The predicted octanol–water partition coefficient (Wildman–Crippen LogP) is -0.815. The lowest BCUT2D eigenvalue weighted by Crippen LogP contribution is -2.49. The van der Waals surface area contributed by atoms with Gasteiger partial charge in [0.1, 0.15) is 0 Å². The summed E-state index contributed by atoms with van der Waals surface area (Å²) in [4.78, 5) is 13.8. The van der Waals surface area contributed by atoms with Gasteiger partial charge in [0.15, 0.2) is 0 Å². The summed E-state index contributed by atoms with van der Waals surface area (Å²) in [6.45, 7) is 3.79. The monoisotopic (exact) mass is 227 g/mol. The van der Waals surface area contributed by atoms with Crippen LogP contribution in [0.25, 0.3) is 0 Å². The van der Waals surface area contributed by atoms with Gasteiger partial charge in [0.05, 0.1) is 19.3 Å². The number of nitrogens with zero attached hydrogens (tertiary/aromatic N) is 1. The topological polar surface area (TPSA) is 53.6 Å². The van der Waals surface area contributed by atoms with Crippen LogP contribution in [0.5, 0.6) is 0 Å². The second-order valence-electron chi connectivity index (χ2n) is 4.63. The molecule has 1 amide bonds. The first kappa shape index (κ1) is 11.8. The molecule has 92 valence electrons. The molecule has 2 N–H and O–H groups in total. The number of rotatable bonds is 5. The first-order chi connectivity index (χ1) is 7.78. The molecule has 0 spiro atoms. The lowest BCUT2D eigenvalue weighted by atomic mass is 10.2. The van der Waals surface area contributed by atoms with Gasteiger partial charge in [-0.1, -0.05) is 0 Å². The molecule has 1 atom stereocenters. The zero-order valence-electron chi connectivity index (χ0n) is 9.87. The Hall–Kier alpha value is -0.650. The Morgan fingerprint density at radius 1 is 1.50 bits per heavy atom. The maximum atomic E-state index is 11.6. The fourth-order valence-electron chi connectivity index (χ4n) is 1.98. The van der Waals surface area contributed by atoms with Crippen LogP contribution in [0.3, 0.4) is 0 Å². The van der Waals surface area contributed by atoms with Crippen LogP contribution in [-0.4, -0.2) is 62.8 Å². The minimum Gasteiger partial charge on any atom is -0.374 e. The fourth-order valence-corrected chi connectivity index (χ4v) is 1.98. The lowest BCUT2D eigenvalue weighted by Gasteiger charge is -2.32. The summed E-state index contributed by atoms with van der Waals surface area (Å²) in [6.07, 6.45) is 2.52. The van der Waals surface area contributed by atoms with Gasteiger partial charge in [0, 0.05) is 25.7 Å². The largest absolute Gasteiger partial charge is 0.374 e. The highest BCUT2D eigenvalue weighted by Crippen LogP contribution is 2.18. The normalized spacial score (nSPS) is 26.7. The number of likely N-dealkylation sites (N-methyl/N-ethyl adjacent to an activating group) is 1. The summed E-state index contributed by atoms with van der Waals surface area (Å²) in [5.41, 5.74) is 0. The molecule has 1 heterocycles. The van der Waals surface area contributed by atoms with E-state index in [2.05, 4.69) is 15.5 Å². The Balaban J connectivity index is 1.69. The van der Waals surface area contributed by atoms with Crippen molar-refractivity contribution in [2.45, 2.75) is 25.0 Å². The Labute approximate surface area is 96.5 Å². The summed E-state index contributed by atoms with van der Waals surface area (Å²) >= 11 is 0. The molecule has 0 aromatic heterocycles. The van der Waals surface area contributed by atoms with Crippen LogP contribution in [0.15, 0.2) is 0 Å². The Kier molecular flexibility index (Phi) is 4.15. The van der Waals surface area contributed by atoms with Crippen LogP contribution in [0, 0.1) is 0 Å². The van der Waals surface area contributed by atoms with E-state index in [1.54, 1.807) is 0 Å². The molecule has 0 bridgehead atoms. The van der Waals surface area contributed by atoms with E-state index in [0.29, 0.717) is 12.6 Å². The van der Waals surface area contributed by atoms with Crippen molar-refractivity contribution in [3.05, 3.63) is 0 Å². The van der Waals surface area contributed by atoms with Crippen molar-refractivity contribution in [2.75, 3.05) is 39.8 Å². The Morgan fingerprint density at radius 3 is 3.00 bits per heavy atom. The molecule has 2 aliphatic rings. The highest BCUT2D eigenvalue weighted by atomic mass is 16.5. The molecule has 16 heavy (non-hydrogen) atoms. The summed E-state index contributed by atoms with van der Waals surface area (Å²) < 4.78 is 5.59. The minimum atomic E-state index is 0.160. The number of nitrogens with one attached hydrogen (secondary N) is 2. The van der Waals surface area contributed by atoms with Crippen molar-refractivity contribution in [1.29, 1.82) is 0 Å².